The standard InChI is InChI=1S/C13H25O4P/c14-8(3-4-18)1-2-10-11-5-9(15)7-17-13(11)6-12(10)16/h8-16H,1-7,18H2/t8-,9?,10-,11-,12-,13+/m1/s1. The highest BCUT2D eigenvalue weighted by atomic mass is 31.0. The Morgan fingerprint density at radius 2 is 2.00 bits per heavy atom. The SMILES string of the molecule is OC1CO[C@H]2C[C@@H](O)[C@H](CC[C@@H](O)CCP)[C@H]2C1. The van der Waals surface area contributed by atoms with E-state index in [1.54, 1.807) is 0 Å². The number of fused-ring (bicyclic) bond motifs is 1. The molecule has 5 heteroatoms. The Labute approximate surface area is 111 Å². The molecule has 0 aromatic heterocycles. The Bertz CT molecular complexity index is 263. The summed E-state index contributed by atoms with van der Waals surface area (Å²) in [7, 11) is 2.62. The number of rotatable bonds is 5. The van der Waals surface area contributed by atoms with E-state index in [2.05, 4.69) is 9.24 Å². The number of aliphatic hydroxyl groups is 3. The maximum Gasteiger partial charge on any atom is 0.0777 e. The predicted octanol–water partition coefficient (Wildman–Crippen LogP) is 0.539. The summed E-state index contributed by atoms with van der Waals surface area (Å²) in [5.41, 5.74) is 0. The summed E-state index contributed by atoms with van der Waals surface area (Å²) >= 11 is 0. The second-order valence-electron chi connectivity index (χ2n) is 5.70. The molecule has 2 rings (SSSR count). The zero-order valence-corrected chi connectivity index (χ0v) is 11.9. The van der Waals surface area contributed by atoms with Crippen molar-refractivity contribution in [3.05, 3.63) is 0 Å². The summed E-state index contributed by atoms with van der Waals surface area (Å²) in [6, 6.07) is 0. The molecule has 106 valence electrons. The van der Waals surface area contributed by atoms with E-state index in [1.165, 1.54) is 0 Å². The summed E-state index contributed by atoms with van der Waals surface area (Å²) in [6.45, 7) is 0.399. The van der Waals surface area contributed by atoms with Crippen LogP contribution in [0.2, 0.25) is 0 Å². The molecule has 2 aliphatic rings. The second-order valence-corrected chi connectivity index (χ2v) is 6.28. The van der Waals surface area contributed by atoms with Gasteiger partial charge in [0.2, 0.25) is 0 Å². The zero-order valence-electron chi connectivity index (χ0n) is 10.7. The summed E-state index contributed by atoms with van der Waals surface area (Å²) in [6.07, 6.45) is 3.76. The predicted molar refractivity (Wildman–Crippen MR) is 72.4 cm³/mol. The van der Waals surface area contributed by atoms with Crippen LogP contribution in [0.3, 0.4) is 0 Å². The van der Waals surface area contributed by atoms with Gasteiger partial charge in [-0.2, -0.15) is 0 Å². The van der Waals surface area contributed by atoms with E-state index >= 15 is 0 Å². The highest BCUT2D eigenvalue weighted by Crippen LogP contribution is 2.42. The van der Waals surface area contributed by atoms with E-state index in [4.69, 9.17) is 4.74 Å². The third-order valence-electron chi connectivity index (χ3n) is 4.38. The molecule has 0 radical (unpaired) electrons. The molecule has 0 aromatic rings. The van der Waals surface area contributed by atoms with E-state index in [1.807, 2.05) is 0 Å². The van der Waals surface area contributed by atoms with Gasteiger partial charge in [-0.1, -0.05) is 0 Å². The summed E-state index contributed by atoms with van der Waals surface area (Å²) in [4.78, 5) is 0. The molecule has 18 heavy (non-hydrogen) atoms. The lowest BCUT2D eigenvalue weighted by Gasteiger charge is -2.32. The molecule has 4 nitrogen and oxygen atoms in total. The van der Waals surface area contributed by atoms with Gasteiger partial charge in [0.05, 0.1) is 31.0 Å². The van der Waals surface area contributed by atoms with Crippen molar-refractivity contribution in [3.63, 3.8) is 0 Å². The molecule has 1 aliphatic heterocycles. The van der Waals surface area contributed by atoms with E-state index in [-0.39, 0.29) is 30.1 Å². The van der Waals surface area contributed by atoms with Gasteiger partial charge >= 0.3 is 0 Å². The zero-order chi connectivity index (χ0) is 13.1. The van der Waals surface area contributed by atoms with E-state index in [9.17, 15) is 15.3 Å². The van der Waals surface area contributed by atoms with Crippen LogP contribution < -0.4 is 0 Å². The topological polar surface area (TPSA) is 69.9 Å². The van der Waals surface area contributed by atoms with Crippen molar-refractivity contribution in [3.8, 4) is 0 Å². The van der Waals surface area contributed by atoms with Gasteiger partial charge in [0, 0.05) is 6.42 Å². The quantitative estimate of drug-likeness (QED) is 0.641. The van der Waals surface area contributed by atoms with Crippen molar-refractivity contribution in [1.82, 2.24) is 0 Å². The first-order valence-corrected chi connectivity index (χ1v) is 7.79. The first kappa shape index (κ1) is 14.7. The molecule has 2 unspecified atom stereocenters. The molecule has 1 aliphatic carbocycles. The van der Waals surface area contributed by atoms with Gasteiger partial charge in [-0.15, -0.1) is 9.24 Å². The summed E-state index contributed by atoms with van der Waals surface area (Å²) < 4.78 is 5.59. The van der Waals surface area contributed by atoms with Gasteiger partial charge in [0.15, 0.2) is 0 Å². The first-order chi connectivity index (χ1) is 8.61. The summed E-state index contributed by atoms with van der Waals surface area (Å²) in [5, 5.41) is 29.5. The van der Waals surface area contributed by atoms with Gasteiger partial charge < -0.3 is 20.1 Å². The minimum atomic E-state index is -0.393. The number of aliphatic hydroxyl groups excluding tert-OH is 3. The van der Waals surface area contributed by atoms with Crippen LogP contribution in [0.4, 0.5) is 0 Å². The van der Waals surface area contributed by atoms with Gasteiger partial charge in [0.1, 0.15) is 0 Å². The Balaban J connectivity index is 1.86. The van der Waals surface area contributed by atoms with Crippen molar-refractivity contribution < 1.29 is 20.1 Å². The number of hydrogen-bond donors (Lipinski definition) is 3. The molecule has 0 aromatic carbocycles. The van der Waals surface area contributed by atoms with Crippen LogP contribution in [0.5, 0.6) is 0 Å². The summed E-state index contributed by atoms with van der Waals surface area (Å²) in [5.74, 6) is 0.427. The fraction of sp³-hybridized carbons (Fsp3) is 1.00. The highest BCUT2D eigenvalue weighted by molar-refractivity contribution is 7.16. The van der Waals surface area contributed by atoms with Gasteiger partial charge in [-0.05, 0) is 43.7 Å². The van der Waals surface area contributed by atoms with Gasteiger partial charge in [-0.3, -0.25) is 0 Å². The monoisotopic (exact) mass is 276 g/mol. The molecule has 0 amide bonds. The van der Waals surface area contributed by atoms with E-state index < -0.39 is 6.10 Å². The molecular weight excluding hydrogens is 251 g/mol. The Kier molecular flexibility index (Phi) is 5.40. The van der Waals surface area contributed by atoms with Crippen LogP contribution in [-0.2, 0) is 4.74 Å². The van der Waals surface area contributed by atoms with Crippen LogP contribution in [0.15, 0.2) is 0 Å². The van der Waals surface area contributed by atoms with E-state index in [0.29, 0.717) is 13.0 Å². The van der Waals surface area contributed by atoms with Crippen LogP contribution in [0.25, 0.3) is 0 Å². The average molecular weight is 276 g/mol. The fourth-order valence-electron chi connectivity index (χ4n) is 3.41. The number of hydrogen-bond acceptors (Lipinski definition) is 4. The first-order valence-electron chi connectivity index (χ1n) is 6.97. The maximum atomic E-state index is 10.1. The third-order valence-corrected chi connectivity index (χ3v) is 4.71. The molecule has 3 N–H and O–H groups in total. The Morgan fingerprint density at radius 1 is 1.22 bits per heavy atom. The lowest BCUT2D eigenvalue weighted by Crippen LogP contribution is -2.36. The molecule has 0 spiro atoms. The normalized spacial score (nSPS) is 41.7. The minimum Gasteiger partial charge on any atom is -0.393 e. The fourth-order valence-corrected chi connectivity index (χ4v) is 3.80. The average Bonchev–Trinajstić information content (AvgIpc) is 2.62. The van der Waals surface area contributed by atoms with Crippen molar-refractivity contribution >= 4 is 9.24 Å². The lowest BCUT2D eigenvalue weighted by molar-refractivity contribution is -0.0854. The third kappa shape index (κ3) is 3.43. The molecular formula is C13H25O4P. The molecule has 1 saturated heterocycles. The smallest absolute Gasteiger partial charge is 0.0777 e. The lowest BCUT2D eigenvalue weighted by atomic mass is 9.83. The molecule has 1 saturated carbocycles. The molecule has 0 bridgehead atoms. The van der Waals surface area contributed by atoms with Crippen LogP contribution in [-0.4, -0.2) is 52.5 Å². The largest absolute Gasteiger partial charge is 0.393 e. The van der Waals surface area contributed by atoms with Crippen molar-refractivity contribution in [2.75, 3.05) is 12.8 Å². The number of ether oxygens (including phenoxy) is 1. The Morgan fingerprint density at radius 3 is 2.72 bits per heavy atom. The molecule has 2 fully saturated rings. The van der Waals surface area contributed by atoms with Crippen molar-refractivity contribution in [1.29, 1.82) is 0 Å². The second kappa shape index (κ2) is 6.62. The molecule has 1 heterocycles. The highest BCUT2D eigenvalue weighted by Gasteiger charge is 2.45. The van der Waals surface area contributed by atoms with Crippen LogP contribution in [0.1, 0.15) is 32.1 Å². The van der Waals surface area contributed by atoms with Crippen molar-refractivity contribution in [2.45, 2.75) is 56.5 Å². The van der Waals surface area contributed by atoms with Crippen LogP contribution in [0, 0.1) is 11.8 Å². The van der Waals surface area contributed by atoms with Gasteiger partial charge in [-0.25, -0.2) is 0 Å². The Hall–Kier alpha value is 0.270. The van der Waals surface area contributed by atoms with E-state index in [0.717, 1.165) is 31.8 Å². The molecule has 7 atom stereocenters. The van der Waals surface area contributed by atoms with Crippen molar-refractivity contribution in [2.24, 2.45) is 11.8 Å². The maximum absolute atomic E-state index is 10.1. The minimum absolute atomic E-state index is 0.104. The van der Waals surface area contributed by atoms with Gasteiger partial charge in [0.25, 0.3) is 0 Å². The van der Waals surface area contributed by atoms with Crippen LogP contribution >= 0.6 is 9.24 Å².